The van der Waals surface area contributed by atoms with Crippen molar-refractivity contribution in [2.75, 3.05) is 45.8 Å². The Kier molecular flexibility index (Phi) is 7.23. The topological polar surface area (TPSA) is 87.2 Å². The number of carbonyl (C=O) groups excluding carboxylic acids is 2. The fourth-order valence-corrected chi connectivity index (χ4v) is 5.60. The summed E-state index contributed by atoms with van der Waals surface area (Å²) in [6.45, 7) is 8.05. The van der Waals surface area contributed by atoms with Gasteiger partial charge in [-0.3, -0.25) is 14.5 Å². The van der Waals surface area contributed by atoms with Crippen LogP contribution in [0.4, 0.5) is 0 Å². The summed E-state index contributed by atoms with van der Waals surface area (Å²) < 4.78 is 30.7. The second kappa shape index (κ2) is 10.1. The Morgan fingerprint density at radius 3 is 2.15 bits per heavy atom. The molecule has 2 heterocycles. The summed E-state index contributed by atoms with van der Waals surface area (Å²) in [5, 5.41) is 0. The molecule has 34 heavy (non-hydrogen) atoms. The summed E-state index contributed by atoms with van der Waals surface area (Å²) in [6, 6.07) is 11.3. The van der Waals surface area contributed by atoms with Crippen LogP contribution in [-0.4, -0.2) is 80.7 Å². The van der Waals surface area contributed by atoms with Gasteiger partial charge in [-0.1, -0.05) is 12.1 Å². The monoisotopic (exact) mass is 485 g/mol. The van der Waals surface area contributed by atoms with Crippen LogP contribution in [0.15, 0.2) is 47.4 Å². The van der Waals surface area contributed by atoms with Crippen molar-refractivity contribution in [2.45, 2.75) is 31.6 Å². The van der Waals surface area contributed by atoms with Crippen molar-refractivity contribution < 1.29 is 22.2 Å². The maximum Gasteiger partial charge on any atom is 0.339 e. The lowest BCUT2D eigenvalue weighted by Gasteiger charge is -2.35. The largest absolute Gasteiger partial charge is 0.379 e. The first-order chi connectivity index (χ1) is 16.2. The molecule has 2 aromatic carbocycles. The molecule has 0 aromatic heterocycles. The second-order valence-electron chi connectivity index (χ2n) is 8.99. The first-order valence-electron chi connectivity index (χ1n) is 11.6. The molecular formula is C25H31N3O5S. The first-order valence-corrected chi connectivity index (χ1v) is 13.0. The van der Waals surface area contributed by atoms with Crippen LogP contribution in [0.3, 0.4) is 0 Å². The smallest absolute Gasteiger partial charge is 0.339 e. The van der Waals surface area contributed by atoms with Crippen molar-refractivity contribution in [1.82, 2.24) is 14.7 Å². The highest BCUT2D eigenvalue weighted by Crippen LogP contribution is 2.23. The molecule has 2 saturated heterocycles. The van der Waals surface area contributed by atoms with Crippen LogP contribution < -0.4 is 4.18 Å². The lowest BCUT2D eigenvalue weighted by atomic mass is 10.1. The van der Waals surface area contributed by atoms with Gasteiger partial charge in [0, 0.05) is 44.8 Å². The molecule has 0 saturated carbocycles. The molecule has 0 radical (unpaired) electrons. The van der Waals surface area contributed by atoms with Crippen LogP contribution in [-0.2, 0) is 14.9 Å². The Balaban J connectivity index is 1.33. The molecule has 0 atom stereocenters. The molecule has 0 N–H and O–H groups in total. The Morgan fingerprint density at radius 1 is 0.853 bits per heavy atom. The van der Waals surface area contributed by atoms with E-state index in [1.807, 2.05) is 17.9 Å². The molecule has 182 valence electrons. The minimum atomic E-state index is -3.97. The van der Waals surface area contributed by atoms with E-state index in [0.717, 1.165) is 31.5 Å². The number of aryl methyl sites for hydroxylation is 2. The van der Waals surface area contributed by atoms with E-state index in [-0.39, 0.29) is 22.5 Å². The number of amides is 2. The lowest BCUT2D eigenvalue weighted by molar-refractivity contribution is -0.131. The summed E-state index contributed by atoms with van der Waals surface area (Å²) in [7, 11) is -3.97. The molecule has 2 amide bonds. The Hall–Kier alpha value is -2.91. The average Bonchev–Trinajstić information content (AvgIpc) is 3.36. The quantitative estimate of drug-likeness (QED) is 0.584. The Bertz CT molecular complexity index is 1150. The van der Waals surface area contributed by atoms with Gasteiger partial charge in [0.15, 0.2) is 0 Å². The maximum atomic E-state index is 12.9. The van der Waals surface area contributed by atoms with E-state index in [1.165, 1.54) is 12.1 Å². The van der Waals surface area contributed by atoms with Crippen molar-refractivity contribution in [3.63, 3.8) is 0 Å². The zero-order chi connectivity index (χ0) is 24.3. The third-order valence-electron chi connectivity index (χ3n) is 6.40. The molecule has 4 rings (SSSR count). The van der Waals surface area contributed by atoms with Gasteiger partial charge in [0.2, 0.25) is 5.91 Å². The van der Waals surface area contributed by atoms with Gasteiger partial charge in [-0.25, -0.2) is 0 Å². The van der Waals surface area contributed by atoms with Crippen LogP contribution in [0.1, 0.15) is 34.3 Å². The molecule has 8 nitrogen and oxygen atoms in total. The van der Waals surface area contributed by atoms with E-state index >= 15 is 0 Å². The van der Waals surface area contributed by atoms with Gasteiger partial charge < -0.3 is 14.0 Å². The summed E-state index contributed by atoms with van der Waals surface area (Å²) in [5.74, 6) is 0.209. The normalized spacial score (nSPS) is 17.1. The maximum absolute atomic E-state index is 12.9. The van der Waals surface area contributed by atoms with Gasteiger partial charge in [0.25, 0.3) is 5.91 Å². The van der Waals surface area contributed by atoms with Crippen molar-refractivity contribution in [1.29, 1.82) is 0 Å². The molecule has 2 fully saturated rings. The number of hydrogen-bond acceptors (Lipinski definition) is 6. The molecule has 0 spiro atoms. The van der Waals surface area contributed by atoms with Gasteiger partial charge in [-0.15, -0.1) is 0 Å². The van der Waals surface area contributed by atoms with Crippen LogP contribution in [0, 0.1) is 13.8 Å². The van der Waals surface area contributed by atoms with E-state index in [1.54, 1.807) is 36.1 Å². The highest BCUT2D eigenvalue weighted by atomic mass is 32.2. The molecule has 9 heteroatoms. The van der Waals surface area contributed by atoms with Crippen molar-refractivity contribution >= 4 is 21.9 Å². The number of carbonyl (C=O) groups is 2. The van der Waals surface area contributed by atoms with E-state index in [2.05, 4.69) is 4.90 Å². The number of benzene rings is 2. The summed E-state index contributed by atoms with van der Waals surface area (Å²) in [4.78, 5) is 31.2. The minimum Gasteiger partial charge on any atom is -0.379 e. The molecular weight excluding hydrogens is 454 g/mol. The lowest BCUT2D eigenvalue weighted by Crippen LogP contribution is -2.51. The van der Waals surface area contributed by atoms with Crippen molar-refractivity contribution in [2.24, 2.45) is 0 Å². The van der Waals surface area contributed by atoms with Crippen LogP contribution in [0.2, 0.25) is 0 Å². The third kappa shape index (κ3) is 5.59. The molecule has 2 aliphatic rings. The third-order valence-corrected chi connectivity index (χ3v) is 7.79. The standard InChI is InChI=1S/C25H31N3O5S/c1-19-5-6-20(2)23(17-19)34(31,32)33-22-9-7-21(8-10-22)25(30)28-15-13-26(14-16-28)18-24(29)27-11-3-4-12-27/h5-10,17H,3-4,11-16,18H2,1-2H3. The van der Waals surface area contributed by atoms with E-state index in [4.69, 9.17) is 4.18 Å². The first kappa shape index (κ1) is 24.2. The number of rotatable bonds is 6. The predicted molar refractivity (Wildman–Crippen MR) is 128 cm³/mol. The second-order valence-corrected chi connectivity index (χ2v) is 10.5. The van der Waals surface area contributed by atoms with Gasteiger partial charge >= 0.3 is 10.1 Å². The summed E-state index contributed by atoms with van der Waals surface area (Å²) in [6.07, 6.45) is 2.16. The molecule has 2 aliphatic heterocycles. The molecule has 0 unspecified atom stereocenters. The van der Waals surface area contributed by atoms with Crippen LogP contribution in [0.25, 0.3) is 0 Å². The van der Waals surface area contributed by atoms with E-state index in [0.29, 0.717) is 43.9 Å². The van der Waals surface area contributed by atoms with Crippen molar-refractivity contribution in [3.8, 4) is 5.75 Å². The molecule has 0 bridgehead atoms. The Morgan fingerprint density at radius 2 is 1.50 bits per heavy atom. The molecule has 0 aliphatic carbocycles. The Labute approximate surface area is 201 Å². The summed E-state index contributed by atoms with van der Waals surface area (Å²) in [5.41, 5.74) is 1.91. The highest BCUT2D eigenvalue weighted by Gasteiger charge is 2.26. The minimum absolute atomic E-state index is 0.116. The fourth-order valence-electron chi connectivity index (χ4n) is 4.35. The average molecular weight is 486 g/mol. The number of piperazine rings is 1. The van der Waals surface area contributed by atoms with Gasteiger partial charge in [-0.2, -0.15) is 8.42 Å². The number of nitrogens with zero attached hydrogens (tertiary/aromatic N) is 3. The predicted octanol–water partition coefficient (Wildman–Crippen LogP) is 2.45. The van der Waals surface area contributed by atoms with Crippen LogP contribution in [0.5, 0.6) is 5.75 Å². The SMILES string of the molecule is Cc1ccc(C)c(S(=O)(=O)Oc2ccc(C(=O)N3CCN(CC(=O)N4CCCC4)CC3)cc2)c1. The van der Waals surface area contributed by atoms with Crippen molar-refractivity contribution in [3.05, 3.63) is 59.2 Å². The van der Waals surface area contributed by atoms with E-state index in [9.17, 15) is 18.0 Å². The van der Waals surface area contributed by atoms with Crippen LogP contribution >= 0.6 is 0 Å². The van der Waals surface area contributed by atoms with Gasteiger partial charge in [0.1, 0.15) is 10.6 Å². The molecule has 2 aromatic rings. The van der Waals surface area contributed by atoms with Gasteiger partial charge in [-0.05, 0) is 68.1 Å². The zero-order valence-corrected chi connectivity index (χ0v) is 20.5. The zero-order valence-electron chi connectivity index (χ0n) is 19.7. The van der Waals surface area contributed by atoms with E-state index < -0.39 is 10.1 Å². The number of hydrogen-bond donors (Lipinski definition) is 0. The highest BCUT2D eigenvalue weighted by molar-refractivity contribution is 7.87. The van der Waals surface area contributed by atoms with Gasteiger partial charge in [0.05, 0.1) is 6.54 Å². The number of likely N-dealkylation sites (tertiary alicyclic amines) is 1. The summed E-state index contributed by atoms with van der Waals surface area (Å²) >= 11 is 0. The fraction of sp³-hybridized carbons (Fsp3) is 0.440.